The Hall–Kier alpha value is -0.940. The van der Waals surface area contributed by atoms with E-state index < -0.39 is 4.92 Å². The number of rotatable bonds is 4. The minimum Gasteiger partial charge on any atom is -0.324 e. The van der Waals surface area contributed by atoms with Crippen molar-refractivity contribution in [2.24, 2.45) is 5.73 Å². The third-order valence-electron chi connectivity index (χ3n) is 2.19. The molecule has 0 unspecified atom stereocenters. The summed E-state index contributed by atoms with van der Waals surface area (Å²) in [7, 11) is 0. The molecule has 1 atom stereocenters. The molecular formula is C10H13BrN2O2. The highest BCUT2D eigenvalue weighted by molar-refractivity contribution is 9.10. The Morgan fingerprint density at radius 3 is 2.80 bits per heavy atom. The van der Waals surface area contributed by atoms with Gasteiger partial charge in [0.2, 0.25) is 0 Å². The second-order valence-electron chi connectivity index (χ2n) is 3.36. The Bertz CT molecular complexity index is 368. The van der Waals surface area contributed by atoms with E-state index in [0.717, 1.165) is 18.4 Å². The van der Waals surface area contributed by atoms with E-state index in [1.165, 1.54) is 6.07 Å². The van der Waals surface area contributed by atoms with Crippen LogP contribution in [0.2, 0.25) is 0 Å². The molecule has 0 saturated heterocycles. The van der Waals surface area contributed by atoms with Crippen molar-refractivity contribution >= 4 is 21.6 Å². The summed E-state index contributed by atoms with van der Waals surface area (Å²) < 4.78 is 0.486. The van der Waals surface area contributed by atoms with Gasteiger partial charge in [0, 0.05) is 12.1 Å². The molecule has 0 fully saturated rings. The summed E-state index contributed by atoms with van der Waals surface area (Å²) in [6.07, 6.45) is 1.80. The largest absolute Gasteiger partial charge is 0.324 e. The van der Waals surface area contributed by atoms with Gasteiger partial charge in [0.05, 0.1) is 9.40 Å². The second-order valence-corrected chi connectivity index (χ2v) is 4.22. The summed E-state index contributed by atoms with van der Waals surface area (Å²) in [5, 5.41) is 10.7. The van der Waals surface area contributed by atoms with Crippen LogP contribution in [0.25, 0.3) is 0 Å². The minimum atomic E-state index is -0.410. The quantitative estimate of drug-likeness (QED) is 0.676. The first-order valence-electron chi connectivity index (χ1n) is 4.75. The summed E-state index contributed by atoms with van der Waals surface area (Å²) in [6.45, 7) is 2.03. The van der Waals surface area contributed by atoms with Gasteiger partial charge in [0.25, 0.3) is 5.69 Å². The number of benzene rings is 1. The average molecular weight is 273 g/mol. The molecule has 2 N–H and O–H groups in total. The molecule has 1 rings (SSSR count). The number of nitro groups is 1. The third-order valence-corrected chi connectivity index (χ3v) is 2.87. The van der Waals surface area contributed by atoms with Gasteiger partial charge in [-0.2, -0.15) is 0 Å². The number of nitro benzene ring substituents is 1. The van der Waals surface area contributed by atoms with Crippen LogP contribution in [0.1, 0.15) is 31.4 Å². The van der Waals surface area contributed by atoms with Crippen molar-refractivity contribution < 1.29 is 4.92 Å². The highest BCUT2D eigenvalue weighted by atomic mass is 79.9. The number of nitrogens with two attached hydrogens (primary N) is 1. The van der Waals surface area contributed by atoms with Crippen LogP contribution in [0.5, 0.6) is 0 Å². The third kappa shape index (κ3) is 3.00. The van der Waals surface area contributed by atoms with E-state index in [1.54, 1.807) is 6.07 Å². The fraction of sp³-hybridized carbons (Fsp3) is 0.400. The molecular weight excluding hydrogens is 260 g/mol. The van der Waals surface area contributed by atoms with Gasteiger partial charge in [-0.25, -0.2) is 0 Å². The Balaban J connectivity index is 3.02. The summed E-state index contributed by atoms with van der Waals surface area (Å²) in [5.74, 6) is 0. The van der Waals surface area contributed by atoms with Gasteiger partial charge in [0.1, 0.15) is 0 Å². The fourth-order valence-electron chi connectivity index (χ4n) is 1.38. The van der Waals surface area contributed by atoms with Crippen molar-refractivity contribution in [3.05, 3.63) is 38.3 Å². The van der Waals surface area contributed by atoms with Crippen LogP contribution in [0.3, 0.4) is 0 Å². The van der Waals surface area contributed by atoms with E-state index in [1.807, 2.05) is 13.0 Å². The maximum Gasteiger partial charge on any atom is 0.283 e. The van der Waals surface area contributed by atoms with Gasteiger partial charge >= 0.3 is 0 Å². The lowest BCUT2D eigenvalue weighted by Crippen LogP contribution is -2.09. The highest BCUT2D eigenvalue weighted by Crippen LogP contribution is 2.28. The van der Waals surface area contributed by atoms with Gasteiger partial charge in [0.15, 0.2) is 0 Å². The van der Waals surface area contributed by atoms with Crippen molar-refractivity contribution in [2.45, 2.75) is 25.8 Å². The van der Waals surface area contributed by atoms with Crippen molar-refractivity contribution in [3.8, 4) is 0 Å². The first-order valence-corrected chi connectivity index (χ1v) is 5.55. The predicted molar refractivity (Wildman–Crippen MR) is 62.6 cm³/mol. The monoisotopic (exact) mass is 272 g/mol. The predicted octanol–water partition coefficient (Wildman–Crippen LogP) is 3.16. The summed E-state index contributed by atoms with van der Waals surface area (Å²) in [4.78, 5) is 10.3. The van der Waals surface area contributed by atoms with Crippen molar-refractivity contribution in [1.82, 2.24) is 0 Å². The Kier molecular flexibility index (Phi) is 4.23. The smallest absolute Gasteiger partial charge is 0.283 e. The Morgan fingerprint density at radius 1 is 1.60 bits per heavy atom. The molecule has 0 bridgehead atoms. The molecule has 15 heavy (non-hydrogen) atoms. The van der Waals surface area contributed by atoms with Crippen LogP contribution in [-0.2, 0) is 0 Å². The van der Waals surface area contributed by atoms with Gasteiger partial charge in [-0.3, -0.25) is 10.1 Å². The first kappa shape index (κ1) is 12.1. The van der Waals surface area contributed by atoms with E-state index in [0.29, 0.717) is 4.47 Å². The van der Waals surface area contributed by atoms with Gasteiger partial charge in [-0.15, -0.1) is 0 Å². The van der Waals surface area contributed by atoms with Crippen LogP contribution in [0, 0.1) is 10.1 Å². The van der Waals surface area contributed by atoms with Gasteiger partial charge in [-0.05, 0) is 34.0 Å². The molecule has 0 aliphatic carbocycles. The summed E-state index contributed by atoms with van der Waals surface area (Å²) in [5.41, 5.74) is 6.77. The summed E-state index contributed by atoms with van der Waals surface area (Å²) in [6, 6.07) is 4.90. The SMILES string of the molecule is CCC[C@H](N)c1ccc(Br)c([N+](=O)[O-])c1. The highest BCUT2D eigenvalue weighted by Gasteiger charge is 2.14. The lowest BCUT2D eigenvalue weighted by molar-refractivity contribution is -0.385. The maximum atomic E-state index is 10.7. The zero-order chi connectivity index (χ0) is 11.4. The normalized spacial score (nSPS) is 12.5. The number of hydrogen-bond donors (Lipinski definition) is 1. The van der Waals surface area contributed by atoms with E-state index in [2.05, 4.69) is 15.9 Å². The molecule has 0 amide bonds. The molecule has 4 nitrogen and oxygen atoms in total. The van der Waals surface area contributed by atoms with Gasteiger partial charge in [-0.1, -0.05) is 19.4 Å². The van der Waals surface area contributed by atoms with Crippen LogP contribution in [-0.4, -0.2) is 4.92 Å². The first-order chi connectivity index (χ1) is 7.06. The van der Waals surface area contributed by atoms with Crippen LogP contribution in [0.4, 0.5) is 5.69 Å². The molecule has 0 aliphatic rings. The average Bonchev–Trinajstić information content (AvgIpc) is 2.18. The molecule has 1 aromatic carbocycles. The molecule has 1 aromatic rings. The van der Waals surface area contributed by atoms with E-state index in [-0.39, 0.29) is 11.7 Å². The van der Waals surface area contributed by atoms with Crippen LogP contribution < -0.4 is 5.73 Å². The molecule has 0 heterocycles. The van der Waals surface area contributed by atoms with Gasteiger partial charge < -0.3 is 5.73 Å². The molecule has 0 spiro atoms. The fourth-order valence-corrected chi connectivity index (χ4v) is 1.77. The van der Waals surface area contributed by atoms with Crippen LogP contribution in [0.15, 0.2) is 22.7 Å². The zero-order valence-electron chi connectivity index (χ0n) is 8.44. The molecule has 0 saturated carbocycles. The molecule has 5 heteroatoms. The van der Waals surface area contributed by atoms with Crippen molar-refractivity contribution in [2.75, 3.05) is 0 Å². The Labute approximate surface area is 96.8 Å². The minimum absolute atomic E-state index is 0.0686. The molecule has 0 aromatic heterocycles. The van der Waals surface area contributed by atoms with Crippen LogP contribution >= 0.6 is 15.9 Å². The lowest BCUT2D eigenvalue weighted by Gasteiger charge is -2.10. The second kappa shape index (κ2) is 5.23. The molecule has 82 valence electrons. The number of halogens is 1. The van der Waals surface area contributed by atoms with Crippen molar-refractivity contribution in [1.29, 1.82) is 0 Å². The molecule has 0 radical (unpaired) electrons. The Morgan fingerprint density at radius 2 is 2.27 bits per heavy atom. The topological polar surface area (TPSA) is 69.2 Å². The number of hydrogen-bond acceptors (Lipinski definition) is 3. The number of nitrogens with zero attached hydrogens (tertiary/aromatic N) is 1. The van der Waals surface area contributed by atoms with E-state index in [4.69, 9.17) is 5.73 Å². The van der Waals surface area contributed by atoms with E-state index >= 15 is 0 Å². The maximum absolute atomic E-state index is 10.7. The van der Waals surface area contributed by atoms with Crippen molar-refractivity contribution in [3.63, 3.8) is 0 Å². The summed E-state index contributed by atoms with van der Waals surface area (Å²) >= 11 is 3.14. The molecule has 0 aliphatic heterocycles. The standard InChI is InChI=1S/C10H13BrN2O2/c1-2-3-9(12)7-4-5-8(11)10(6-7)13(14)15/h4-6,9H,2-3,12H2,1H3/t9-/m0/s1. The van der Waals surface area contributed by atoms with E-state index in [9.17, 15) is 10.1 Å². The lowest BCUT2D eigenvalue weighted by atomic mass is 10.0. The zero-order valence-corrected chi connectivity index (χ0v) is 10.0.